The second kappa shape index (κ2) is 7.03. The van der Waals surface area contributed by atoms with Crippen LogP contribution in [0.1, 0.15) is 17.7 Å². The zero-order valence-electron chi connectivity index (χ0n) is 12.1. The molecule has 4 nitrogen and oxygen atoms in total. The summed E-state index contributed by atoms with van der Waals surface area (Å²) >= 11 is 7.96. The van der Waals surface area contributed by atoms with E-state index >= 15 is 0 Å². The molecule has 0 spiro atoms. The number of hydrogen-bond acceptors (Lipinski definition) is 3. The third-order valence-electron chi connectivity index (χ3n) is 3.66. The van der Waals surface area contributed by atoms with Crippen LogP contribution >= 0.6 is 22.9 Å². The molecular weight excluding hydrogens is 318 g/mol. The fourth-order valence-corrected chi connectivity index (χ4v) is 3.50. The van der Waals surface area contributed by atoms with Gasteiger partial charge in [-0.05, 0) is 42.5 Å². The summed E-state index contributed by atoms with van der Waals surface area (Å²) in [6.45, 7) is 2.63. The monoisotopic (exact) mass is 335 g/mol. The standard InChI is InChI=1S/C16H18ClN3OS/c17-14-10-12(5-6-15(14)20-7-1-2-8-20)19-16(21)18-11-13-4-3-9-22-13/h3-6,9-10H,1-2,7-8,11H2,(H2,18,19,21). The molecule has 2 heterocycles. The maximum atomic E-state index is 11.9. The van der Waals surface area contributed by atoms with Crippen LogP contribution in [0.25, 0.3) is 0 Å². The molecule has 0 unspecified atom stereocenters. The van der Waals surface area contributed by atoms with Crippen LogP contribution in [0.4, 0.5) is 16.2 Å². The fraction of sp³-hybridized carbons (Fsp3) is 0.312. The molecule has 1 fully saturated rings. The number of halogens is 1. The van der Waals surface area contributed by atoms with E-state index in [2.05, 4.69) is 15.5 Å². The van der Waals surface area contributed by atoms with Crippen LogP contribution in [-0.4, -0.2) is 19.1 Å². The number of amides is 2. The van der Waals surface area contributed by atoms with E-state index in [1.165, 1.54) is 12.8 Å². The molecule has 1 aliphatic heterocycles. The van der Waals surface area contributed by atoms with Gasteiger partial charge in [0.1, 0.15) is 0 Å². The molecule has 3 rings (SSSR count). The third kappa shape index (κ3) is 3.72. The number of benzene rings is 1. The minimum Gasteiger partial charge on any atom is -0.370 e. The summed E-state index contributed by atoms with van der Waals surface area (Å²) in [5.41, 5.74) is 1.75. The lowest BCUT2D eigenvalue weighted by atomic mass is 10.2. The summed E-state index contributed by atoms with van der Waals surface area (Å²) in [5, 5.41) is 8.31. The molecule has 0 atom stereocenters. The summed E-state index contributed by atoms with van der Waals surface area (Å²) in [5.74, 6) is 0. The molecular formula is C16H18ClN3OS. The highest BCUT2D eigenvalue weighted by atomic mass is 35.5. The van der Waals surface area contributed by atoms with Crippen molar-refractivity contribution in [1.29, 1.82) is 0 Å². The molecule has 22 heavy (non-hydrogen) atoms. The van der Waals surface area contributed by atoms with Gasteiger partial charge in [0.2, 0.25) is 0 Å². The summed E-state index contributed by atoms with van der Waals surface area (Å²) in [6.07, 6.45) is 2.42. The summed E-state index contributed by atoms with van der Waals surface area (Å²) in [4.78, 5) is 15.3. The van der Waals surface area contributed by atoms with Crippen molar-refractivity contribution < 1.29 is 4.79 Å². The first kappa shape index (κ1) is 15.2. The second-order valence-corrected chi connectivity index (χ2v) is 6.69. The van der Waals surface area contributed by atoms with Gasteiger partial charge in [0, 0.05) is 23.7 Å². The average Bonchev–Trinajstić information content (AvgIpc) is 3.19. The minimum atomic E-state index is -0.224. The lowest BCUT2D eigenvalue weighted by Gasteiger charge is -2.19. The normalized spacial score (nSPS) is 14.1. The molecule has 1 saturated heterocycles. The Labute approximate surface area is 139 Å². The van der Waals surface area contributed by atoms with Crippen molar-refractivity contribution in [3.8, 4) is 0 Å². The third-order valence-corrected chi connectivity index (χ3v) is 4.83. The highest BCUT2D eigenvalue weighted by Gasteiger charge is 2.15. The number of nitrogens with one attached hydrogen (secondary N) is 2. The zero-order valence-corrected chi connectivity index (χ0v) is 13.7. The molecule has 2 aromatic rings. The lowest BCUT2D eigenvalue weighted by Crippen LogP contribution is -2.27. The Morgan fingerprint density at radius 1 is 1.27 bits per heavy atom. The predicted molar refractivity (Wildman–Crippen MR) is 93.1 cm³/mol. The van der Waals surface area contributed by atoms with E-state index in [1.807, 2.05) is 29.6 Å². The van der Waals surface area contributed by atoms with Crippen molar-refractivity contribution in [2.24, 2.45) is 0 Å². The molecule has 2 amide bonds. The maximum absolute atomic E-state index is 11.9. The number of nitrogens with zero attached hydrogens (tertiary/aromatic N) is 1. The van der Waals surface area contributed by atoms with Crippen LogP contribution in [0.5, 0.6) is 0 Å². The average molecular weight is 336 g/mol. The van der Waals surface area contributed by atoms with Crippen LogP contribution in [0, 0.1) is 0 Å². The van der Waals surface area contributed by atoms with Crippen molar-refractivity contribution in [1.82, 2.24) is 5.32 Å². The Kier molecular flexibility index (Phi) is 4.85. The van der Waals surface area contributed by atoms with Crippen LogP contribution in [0.3, 0.4) is 0 Å². The van der Waals surface area contributed by atoms with Crippen LogP contribution in [0.2, 0.25) is 5.02 Å². The Morgan fingerprint density at radius 3 is 2.77 bits per heavy atom. The highest BCUT2D eigenvalue weighted by Crippen LogP contribution is 2.31. The Bertz CT molecular complexity index is 639. The first-order valence-electron chi connectivity index (χ1n) is 7.34. The number of carbonyl (C=O) groups excluding carboxylic acids is 1. The van der Waals surface area contributed by atoms with Crippen molar-refractivity contribution in [2.75, 3.05) is 23.3 Å². The molecule has 1 aromatic heterocycles. The largest absolute Gasteiger partial charge is 0.370 e. The van der Waals surface area contributed by atoms with Crippen LogP contribution in [0.15, 0.2) is 35.7 Å². The maximum Gasteiger partial charge on any atom is 0.319 e. The Morgan fingerprint density at radius 2 is 2.09 bits per heavy atom. The van der Waals surface area contributed by atoms with E-state index in [0.717, 1.165) is 23.7 Å². The number of rotatable bonds is 4. The number of hydrogen-bond donors (Lipinski definition) is 2. The summed E-state index contributed by atoms with van der Waals surface area (Å²) < 4.78 is 0. The predicted octanol–water partition coefficient (Wildman–Crippen LogP) is 4.32. The van der Waals surface area contributed by atoms with E-state index in [0.29, 0.717) is 17.3 Å². The van der Waals surface area contributed by atoms with Crippen LogP contribution in [-0.2, 0) is 6.54 Å². The van der Waals surface area contributed by atoms with Gasteiger partial charge in [0.25, 0.3) is 0 Å². The number of anilines is 2. The number of thiophene rings is 1. The molecule has 1 aliphatic rings. The van der Waals surface area contributed by atoms with Crippen molar-refractivity contribution in [3.05, 3.63) is 45.6 Å². The van der Waals surface area contributed by atoms with E-state index in [9.17, 15) is 4.79 Å². The molecule has 1 aromatic carbocycles. The molecule has 116 valence electrons. The topological polar surface area (TPSA) is 44.4 Å². The van der Waals surface area contributed by atoms with Gasteiger partial charge in [-0.15, -0.1) is 11.3 Å². The van der Waals surface area contributed by atoms with Gasteiger partial charge in [-0.25, -0.2) is 4.79 Å². The molecule has 0 bridgehead atoms. The van der Waals surface area contributed by atoms with E-state index < -0.39 is 0 Å². The van der Waals surface area contributed by atoms with Gasteiger partial charge in [-0.1, -0.05) is 17.7 Å². The van der Waals surface area contributed by atoms with Gasteiger partial charge in [0.05, 0.1) is 17.3 Å². The van der Waals surface area contributed by atoms with Crippen molar-refractivity contribution >= 4 is 40.3 Å². The Hall–Kier alpha value is -1.72. The first-order valence-corrected chi connectivity index (χ1v) is 8.60. The summed E-state index contributed by atoms with van der Waals surface area (Å²) in [7, 11) is 0. The number of urea groups is 1. The zero-order chi connectivity index (χ0) is 15.4. The van der Waals surface area contributed by atoms with E-state index in [4.69, 9.17) is 11.6 Å². The van der Waals surface area contributed by atoms with Gasteiger partial charge in [0.15, 0.2) is 0 Å². The smallest absolute Gasteiger partial charge is 0.319 e. The van der Waals surface area contributed by atoms with Gasteiger partial charge >= 0.3 is 6.03 Å². The van der Waals surface area contributed by atoms with Gasteiger partial charge in [-0.2, -0.15) is 0 Å². The first-order chi connectivity index (χ1) is 10.7. The SMILES string of the molecule is O=C(NCc1cccs1)Nc1ccc(N2CCCC2)c(Cl)c1. The van der Waals surface area contributed by atoms with Gasteiger partial charge in [-0.3, -0.25) is 0 Å². The molecule has 2 N–H and O–H groups in total. The van der Waals surface area contributed by atoms with Gasteiger partial charge < -0.3 is 15.5 Å². The van der Waals surface area contributed by atoms with Crippen LogP contribution < -0.4 is 15.5 Å². The number of carbonyl (C=O) groups is 1. The quantitative estimate of drug-likeness (QED) is 0.873. The highest BCUT2D eigenvalue weighted by molar-refractivity contribution is 7.09. The lowest BCUT2D eigenvalue weighted by molar-refractivity contribution is 0.252. The fourth-order valence-electron chi connectivity index (χ4n) is 2.55. The van der Waals surface area contributed by atoms with Crippen molar-refractivity contribution in [2.45, 2.75) is 19.4 Å². The minimum absolute atomic E-state index is 0.224. The van der Waals surface area contributed by atoms with E-state index in [1.54, 1.807) is 17.4 Å². The molecule has 6 heteroatoms. The van der Waals surface area contributed by atoms with Crippen molar-refractivity contribution in [3.63, 3.8) is 0 Å². The molecule has 0 aliphatic carbocycles. The van der Waals surface area contributed by atoms with E-state index in [-0.39, 0.29) is 6.03 Å². The molecule has 0 radical (unpaired) electrons. The molecule has 0 saturated carbocycles. The Balaban J connectivity index is 1.57. The second-order valence-electron chi connectivity index (χ2n) is 5.25. The summed E-state index contributed by atoms with van der Waals surface area (Å²) in [6, 6.07) is 9.41.